The Morgan fingerprint density at radius 1 is 0.727 bits per heavy atom. The van der Waals surface area contributed by atoms with E-state index in [0.29, 0.717) is 13.5 Å². The Labute approximate surface area is 326 Å². The maximum atomic E-state index is 4.54. The van der Waals surface area contributed by atoms with Crippen LogP contribution in [0, 0.1) is 0 Å². The molecule has 0 saturated carbocycles. The fourth-order valence-electron chi connectivity index (χ4n) is 1.76. The average Bonchev–Trinajstić information content (AvgIpc) is 4.11. The molecule has 7 aromatic rings. The van der Waals surface area contributed by atoms with Gasteiger partial charge in [0.1, 0.15) is 54.0 Å². The molecule has 0 unspecified atom stereocenters. The fraction of sp³-hybridized carbons (Fsp3) is 0.182. The first-order valence-corrected chi connectivity index (χ1v) is 17.8. The fourth-order valence-corrected chi connectivity index (χ4v) is 3.05. The minimum atomic E-state index is 0.458. The van der Waals surface area contributed by atoms with Crippen LogP contribution in [0.4, 0.5) is 0 Å². The van der Waals surface area contributed by atoms with Crippen LogP contribution >= 0.6 is 46.6 Å². The summed E-state index contributed by atoms with van der Waals surface area (Å²) in [5, 5.41) is 42.1. The van der Waals surface area contributed by atoms with Crippen molar-refractivity contribution in [3.8, 4) is 0 Å². The number of aliphatic imine (C=N–C) groups is 2. The number of thioether (sulfide) groups is 1. The Morgan fingerprint density at radius 3 is 1.85 bits per heavy atom. The molecule has 0 amide bonds. The quantitative estimate of drug-likeness (QED) is 0.112. The number of hydroxylamine groups is 1. The number of oxazole rings is 1. The standard InChI is InChI=1S/C3H3NO.C2H3N3.C2H4N2O.C2H2N2O.C2H4N2O.C2H2N2O.C2H4N2S.C2H2N2S.C2H4N2S.C2H2N2S.CH2N4/c1-2-5-3-4-1;1-3-2-5-4-1;2*1-3-4-2-5-1;2*1-3-2-5-4-1;2*1-3-4-2-5-1;2*1-3-2-5-4-1;1-2-4-5-3-1/h1-3H;1-2H,(H,3,4,5);1,4H,2H2;1-2H;1H,2H2,(H,3,4);1-2H;1,4H,2H2;1-2H;1H,2H2,(H,3,4);1-2H;1H,(H,2,3,4,5). The van der Waals surface area contributed by atoms with Gasteiger partial charge in [0.05, 0.1) is 24.0 Å². The van der Waals surface area contributed by atoms with Gasteiger partial charge in [-0.2, -0.15) is 19.8 Å². The molecule has 294 valence electrons. The summed E-state index contributed by atoms with van der Waals surface area (Å²) in [4.78, 5) is 26.1. The first-order chi connectivity index (χ1) is 27.5. The molecule has 0 radical (unpaired) electrons. The maximum absolute atomic E-state index is 4.54. The van der Waals surface area contributed by atoms with Gasteiger partial charge in [-0.15, -0.1) is 47.0 Å². The second-order valence-corrected chi connectivity index (χ2v) is 9.96. The Bertz CT molecular complexity index is 1160. The van der Waals surface area contributed by atoms with Crippen LogP contribution in [0.25, 0.3) is 0 Å². The summed E-state index contributed by atoms with van der Waals surface area (Å²) in [6.07, 6.45) is 20.0. The highest BCUT2D eigenvalue weighted by atomic mass is 32.2. The number of hydrogen-bond donors (Lipinski definition) is 6. The van der Waals surface area contributed by atoms with Crippen molar-refractivity contribution in [2.24, 2.45) is 20.2 Å². The number of hydrazone groups is 2. The monoisotopic (exact) mass is 840 g/mol. The van der Waals surface area contributed by atoms with Crippen molar-refractivity contribution < 1.29 is 22.9 Å². The maximum Gasteiger partial charge on any atom is 0.213 e. The third-order valence-corrected chi connectivity index (χ3v) is 5.51. The number of aromatic nitrogens is 16. The van der Waals surface area contributed by atoms with Gasteiger partial charge in [0, 0.05) is 0 Å². The normalized spacial score (nSPS) is 11.9. The van der Waals surface area contributed by atoms with Crippen LogP contribution in [0.1, 0.15) is 0 Å². The third kappa shape index (κ3) is 41.5. The molecule has 33 heteroatoms. The molecular weight excluding hydrogens is 809 g/mol. The van der Waals surface area contributed by atoms with E-state index in [9.17, 15) is 0 Å². The molecule has 4 aliphatic heterocycles. The van der Waals surface area contributed by atoms with Gasteiger partial charge in [-0.1, -0.05) is 22.1 Å². The molecule has 6 N–H and O–H groups in total. The van der Waals surface area contributed by atoms with Crippen LogP contribution in [0.3, 0.4) is 0 Å². The lowest BCUT2D eigenvalue weighted by Crippen LogP contribution is -2.01. The number of hydrogen-bond acceptors (Lipinski definition) is 31. The summed E-state index contributed by atoms with van der Waals surface area (Å²) < 4.78 is 24.1. The van der Waals surface area contributed by atoms with Crippen LogP contribution in [0.2, 0.25) is 0 Å². The molecule has 0 saturated heterocycles. The first kappa shape index (κ1) is 46.2. The molecule has 0 spiro atoms. The minimum absolute atomic E-state index is 0.458. The van der Waals surface area contributed by atoms with E-state index < -0.39 is 0 Å². The number of nitrogens with one attached hydrogen (secondary N) is 6. The number of ether oxygens (including phenoxy) is 1. The summed E-state index contributed by atoms with van der Waals surface area (Å²) in [7, 11) is 0. The lowest BCUT2D eigenvalue weighted by atomic mass is 11.0. The molecular formula is C22H32N24O5S4. The van der Waals surface area contributed by atoms with Gasteiger partial charge in [0.25, 0.3) is 0 Å². The van der Waals surface area contributed by atoms with Gasteiger partial charge >= 0.3 is 0 Å². The molecule has 11 rings (SSSR count). The minimum Gasteiger partial charge on any atom is -0.460 e. The molecule has 0 atom stereocenters. The molecule has 0 fully saturated rings. The Kier molecular flexibility index (Phi) is 36.4. The number of tetrazole rings is 1. The number of nitrogens with zero attached hydrogens (tertiary/aromatic N) is 18. The zero-order chi connectivity index (χ0) is 38.9. The van der Waals surface area contributed by atoms with Crippen molar-refractivity contribution in [1.82, 2.24) is 102 Å². The number of H-pyrrole nitrogens is 2. The molecule has 0 aliphatic carbocycles. The molecule has 0 aromatic carbocycles. The van der Waals surface area contributed by atoms with Crippen molar-refractivity contribution in [2.45, 2.75) is 0 Å². The molecule has 55 heavy (non-hydrogen) atoms. The topological polar surface area (TPSA) is 367 Å². The molecule has 29 nitrogen and oxygen atoms in total. The highest BCUT2D eigenvalue weighted by Gasteiger charge is 1.84. The number of aromatic amines is 2. The Balaban J connectivity index is 0.000000302. The van der Waals surface area contributed by atoms with Crippen LogP contribution in [-0.4, -0.2) is 131 Å². The lowest BCUT2D eigenvalue weighted by Gasteiger charge is -1.79. The molecule has 11 heterocycles. The summed E-state index contributed by atoms with van der Waals surface area (Å²) in [6.45, 7) is 0.986. The Hall–Kier alpha value is -6.84. The van der Waals surface area contributed by atoms with Crippen LogP contribution in [-0.2, 0) is 9.57 Å². The SMILES string of the molecule is C1=NCON1.C1=NCSN1.C1=NNCO1.C1=NNCS1.c1cocn1.c1nc[nH]n1.c1ncon1.c1ncsn1.c1nn[nH]n1.c1nnco1.c1nncs1. The highest BCUT2D eigenvalue weighted by molar-refractivity contribution is 8.12. The van der Waals surface area contributed by atoms with Gasteiger partial charge in [-0.05, 0) is 23.5 Å². The summed E-state index contributed by atoms with van der Waals surface area (Å²) in [5.74, 6) is 1.82. The van der Waals surface area contributed by atoms with E-state index in [1.807, 2.05) is 0 Å². The van der Waals surface area contributed by atoms with Crippen molar-refractivity contribution >= 4 is 71.2 Å². The van der Waals surface area contributed by atoms with Gasteiger partial charge in [-0.3, -0.25) is 31.3 Å². The van der Waals surface area contributed by atoms with Crippen molar-refractivity contribution in [3.63, 3.8) is 0 Å². The van der Waals surface area contributed by atoms with Crippen molar-refractivity contribution in [3.05, 3.63) is 86.2 Å². The smallest absolute Gasteiger partial charge is 0.213 e. The van der Waals surface area contributed by atoms with E-state index >= 15 is 0 Å². The van der Waals surface area contributed by atoms with E-state index in [1.165, 1.54) is 99.1 Å². The van der Waals surface area contributed by atoms with Gasteiger partial charge in [-0.25, -0.2) is 24.9 Å². The van der Waals surface area contributed by atoms with E-state index in [-0.39, 0.29) is 0 Å². The average molecular weight is 841 g/mol. The van der Waals surface area contributed by atoms with E-state index in [2.05, 4.69) is 145 Å². The summed E-state index contributed by atoms with van der Waals surface area (Å²) in [6, 6.07) is 0. The highest BCUT2D eigenvalue weighted by Crippen LogP contribution is 1.95. The van der Waals surface area contributed by atoms with E-state index in [0.717, 1.165) is 11.8 Å². The first-order valence-electron chi connectivity index (χ1n) is 14.0. The van der Waals surface area contributed by atoms with Crippen LogP contribution < -0.4 is 21.1 Å². The lowest BCUT2D eigenvalue weighted by molar-refractivity contribution is 0.117. The molecule has 7 aromatic heterocycles. The van der Waals surface area contributed by atoms with E-state index in [4.69, 9.17) is 0 Å². The summed E-state index contributed by atoms with van der Waals surface area (Å²) >= 11 is 6.12. The third-order valence-electron chi connectivity index (χ3n) is 3.54. The van der Waals surface area contributed by atoms with Crippen LogP contribution in [0.15, 0.2) is 120 Å². The second-order valence-electron chi connectivity index (χ2n) is 7.02. The zero-order valence-corrected chi connectivity index (χ0v) is 31.2. The van der Waals surface area contributed by atoms with Crippen molar-refractivity contribution in [2.75, 3.05) is 25.2 Å². The predicted molar refractivity (Wildman–Crippen MR) is 199 cm³/mol. The van der Waals surface area contributed by atoms with Crippen LogP contribution in [0.5, 0.6) is 0 Å². The van der Waals surface area contributed by atoms with Gasteiger partial charge in [0.15, 0.2) is 38.9 Å². The van der Waals surface area contributed by atoms with Gasteiger partial charge < -0.3 is 22.8 Å². The van der Waals surface area contributed by atoms with E-state index in [1.54, 1.807) is 58.3 Å². The molecule has 0 bridgehead atoms. The van der Waals surface area contributed by atoms with Gasteiger partial charge in [0.2, 0.25) is 19.2 Å². The Morgan fingerprint density at radius 2 is 1.65 bits per heavy atom. The van der Waals surface area contributed by atoms with Crippen molar-refractivity contribution in [1.29, 1.82) is 0 Å². The zero-order valence-electron chi connectivity index (χ0n) is 27.9. The molecule has 4 aliphatic rings. The number of rotatable bonds is 0. The second kappa shape index (κ2) is 43.3. The summed E-state index contributed by atoms with van der Waals surface area (Å²) in [5.41, 5.74) is 14.6. The largest absolute Gasteiger partial charge is 0.460 e. The predicted octanol–water partition coefficient (Wildman–Crippen LogP) is 0.356.